The zero-order chi connectivity index (χ0) is 18.5. The van der Waals surface area contributed by atoms with Gasteiger partial charge in [-0.1, -0.05) is 32.0 Å². The molecule has 6 heteroatoms. The molecule has 2 aliphatic heterocycles. The first-order chi connectivity index (χ1) is 12.6. The van der Waals surface area contributed by atoms with Crippen LogP contribution >= 0.6 is 0 Å². The van der Waals surface area contributed by atoms with E-state index >= 15 is 0 Å². The van der Waals surface area contributed by atoms with Gasteiger partial charge in [-0.3, -0.25) is 14.5 Å². The summed E-state index contributed by atoms with van der Waals surface area (Å²) in [6.45, 7) is 9.43. The second-order valence-corrected chi connectivity index (χ2v) is 7.48. The lowest BCUT2D eigenvalue weighted by atomic mass is 10.0. The number of carbonyl (C=O) groups excluding carboxylic acids is 2. The van der Waals surface area contributed by atoms with Crippen LogP contribution in [-0.4, -0.2) is 67.0 Å². The molecule has 0 saturated carbocycles. The number of amides is 2. The number of hydrogen-bond donors (Lipinski definition) is 1. The zero-order valence-corrected chi connectivity index (χ0v) is 15.7. The normalized spacial score (nSPS) is 18.9. The molecule has 2 aliphatic rings. The molecular formula is C20H29N3O3. The van der Waals surface area contributed by atoms with E-state index in [1.807, 2.05) is 24.3 Å². The Bertz CT molecular complexity index is 641. The molecule has 142 valence electrons. The quantitative estimate of drug-likeness (QED) is 0.802. The van der Waals surface area contributed by atoms with Crippen molar-refractivity contribution in [3.05, 3.63) is 35.4 Å². The summed E-state index contributed by atoms with van der Waals surface area (Å²) in [6.07, 6.45) is 0.670. The van der Waals surface area contributed by atoms with Gasteiger partial charge in [0, 0.05) is 38.3 Å². The maximum atomic E-state index is 12.9. The third kappa shape index (κ3) is 4.43. The van der Waals surface area contributed by atoms with Crippen LogP contribution in [0.1, 0.15) is 36.2 Å². The predicted octanol–water partition coefficient (Wildman–Crippen LogP) is 1.51. The number of rotatable bonds is 7. The fourth-order valence-electron chi connectivity index (χ4n) is 3.63. The van der Waals surface area contributed by atoms with Crippen molar-refractivity contribution in [1.29, 1.82) is 0 Å². The van der Waals surface area contributed by atoms with Gasteiger partial charge in [0.05, 0.1) is 13.2 Å². The number of fused-ring (bicyclic) bond motifs is 1. The third-order valence-corrected chi connectivity index (χ3v) is 5.05. The molecule has 6 nitrogen and oxygen atoms in total. The highest BCUT2D eigenvalue weighted by Gasteiger charge is 2.36. The average Bonchev–Trinajstić information content (AvgIpc) is 2.97. The number of nitrogens with zero attached hydrogens (tertiary/aromatic N) is 2. The molecule has 1 aromatic rings. The van der Waals surface area contributed by atoms with Crippen LogP contribution in [-0.2, 0) is 16.1 Å². The molecule has 1 fully saturated rings. The molecule has 2 amide bonds. The minimum Gasteiger partial charge on any atom is -0.379 e. The summed E-state index contributed by atoms with van der Waals surface area (Å²) in [5.74, 6) is 0.254. The first kappa shape index (κ1) is 18.9. The van der Waals surface area contributed by atoms with Gasteiger partial charge in [0.1, 0.15) is 6.04 Å². The summed E-state index contributed by atoms with van der Waals surface area (Å²) >= 11 is 0. The van der Waals surface area contributed by atoms with Crippen molar-refractivity contribution in [3.63, 3.8) is 0 Å². The molecule has 0 aliphatic carbocycles. The van der Waals surface area contributed by atoms with E-state index in [4.69, 9.17) is 4.74 Å². The van der Waals surface area contributed by atoms with Gasteiger partial charge < -0.3 is 15.0 Å². The molecule has 0 radical (unpaired) electrons. The Morgan fingerprint density at radius 1 is 1.23 bits per heavy atom. The largest absolute Gasteiger partial charge is 0.379 e. The lowest BCUT2D eigenvalue weighted by Crippen LogP contribution is -2.49. The monoisotopic (exact) mass is 359 g/mol. The van der Waals surface area contributed by atoms with Crippen molar-refractivity contribution in [2.75, 3.05) is 39.4 Å². The first-order valence-corrected chi connectivity index (χ1v) is 9.53. The van der Waals surface area contributed by atoms with Crippen LogP contribution in [0.5, 0.6) is 0 Å². The minimum atomic E-state index is -0.417. The number of nitrogens with one attached hydrogen (secondary N) is 1. The van der Waals surface area contributed by atoms with Crippen molar-refractivity contribution in [1.82, 2.24) is 15.1 Å². The maximum absolute atomic E-state index is 12.9. The summed E-state index contributed by atoms with van der Waals surface area (Å²) in [7, 11) is 0. The van der Waals surface area contributed by atoms with E-state index in [0.29, 0.717) is 25.4 Å². The third-order valence-electron chi connectivity index (χ3n) is 5.05. The van der Waals surface area contributed by atoms with Crippen LogP contribution in [0.3, 0.4) is 0 Å². The molecule has 1 atom stereocenters. The molecule has 1 saturated heterocycles. The fraction of sp³-hybridized carbons (Fsp3) is 0.600. The number of carbonyl (C=O) groups is 2. The highest BCUT2D eigenvalue weighted by atomic mass is 16.5. The molecule has 1 N–H and O–H groups in total. The summed E-state index contributed by atoms with van der Waals surface area (Å²) in [5, 5.41) is 3.04. The molecule has 0 bridgehead atoms. The summed E-state index contributed by atoms with van der Waals surface area (Å²) in [5.41, 5.74) is 1.73. The van der Waals surface area contributed by atoms with Crippen LogP contribution in [0.15, 0.2) is 24.3 Å². The Kier molecular flexibility index (Phi) is 6.27. The number of morpholine rings is 1. The Labute approximate surface area is 155 Å². The van der Waals surface area contributed by atoms with Gasteiger partial charge in [-0.05, 0) is 24.0 Å². The second-order valence-electron chi connectivity index (χ2n) is 7.48. The van der Waals surface area contributed by atoms with E-state index in [0.717, 1.165) is 44.0 Å². The smallest absolute Gasteiger partial charge is 0.255 e. The molecule has 0 unspecified atom stereocenters. The highest BCUT2D eigenvalue weighted by molar-refractivity contribution is 6.01. The first-order valence-electron chi connectivity index (χ1n) is 9.53. The minimum absolute atomic E-state index is 0.0328. The van der Waals surface area contributed by atoms with Crippen molar-refractivity contribution < 1.29 is 14.3 Å². The van der Waals surface area contributed by atoms with Crippen molar-refractivity contribution in [2.24, 2.45) is 5.92 Å². The summed E-state index contributed by atoms with van der Waals surface area (Å²) in [4.78, 5) is 29.6. The molecule has 1 aromatic carbocycles. The van der Waals surface area contributed by atoms with E-state index in [1.165, 1.54) is 0 Å². The summed E-state index contributed by atoms with van der Waals surface area (Å²) < 4.78 is 5.35. The van der Waals surface area contributed by atoms with Crippen molar-refractivity contribution in [2.45, 2.75) is 32.9 Å². The number of ether oxygens (including phenoxy) is 1. The van der Waals surface area contributed by atoms with Gasteiger partial charge in [-0.15, -0.1) is 0 Å². The number of hydrogen-bond acceptors (Lipinski definition) is 4. The highest BCUT2D eigenvalue weighted by Crippen LogP contribution is 2.26. The van der Waals surface area contributed by atoms with E-state index in [-0.39, 0.29) is 11.8 Å². The Hall–Kier alpha value is -1.92. The van der Waals surface area contributed by atoms with E-state index < -0.39 is 6.04 Å². The average molecular weight is 359 g/mol. The molecule has 2 heterocycles. The van der Waals surface area contributed by atoms with Gasteiger partial charge >= 0.3 is 0 Å². The van der Waals surface area contributed by atoms with Gasteiger partial charge in [-0.2, -0.15) is 0 Å². The molecule has 0 spiro atoms. The fourth-order valence-corrected chi connectivity index (χ4v) is 3.63. The lowest BCUT2D eigenvalue weighted by Gasteiger charge is -2.29. The predicted molar refractivity (Wildman–Crippen MR) is 99.8 cm³/mol. The molecule has 26 heavy (non-hydrogen) atoms. The zero-order valence-electron chi connectivity index (χ0n) is 15.7. The van der Waals surface area contributed by atoms with E-state index in [1.54, 1.807) is 4.90 Å². The molecular weight excluding hydrogens is 330 g/mol. The second kappa shape index (κ2) is 8.64. The van der Waals surface area contributed by atoms with E-state index in [9.17, 15) is 9.59 Å². The van der Waals surface area contributed by atoms with Crippen LogP contribution in [0.25, 0.3) is 0 Å². The topological polar surface area (TPSA) is 61.9 Å². The van der Waals surface area contributed by atoms with Crippen LogP contribution in [0, 0.1) is 5.92 Å². The summed E-state index contributed by atoms with van der Waals surface area (Å²) in [6, 6.07) is 7.21. The van der Waals surface area contributed by atoms with Gasteiger partial charge in [0.2, 0.25) is 5.91 Å². The molecule has 3 rings (SSSR count). The van der Waals surface area contributed by atoms with Gasteiger partial charge in [-0.25, -0.2) is 0 Å². The standard InChI is InChI=1S/C20H29N3O3/c1-15(2)13-18(19(24)21-7-8-22-9-11-26-12-10-22)23-14-16-5-3-4-6-17(16)20(23)25/h3-6,15,18H,7-14H2,1-2H3,(H,21,24)/t18-/m1/s1. The Balaban J connectivity index is 1.60. The van der Waals surface area contributed by atoms with Crippen LogP contribution in [0.4, 0.5) is 0 Å². The lowest BCUT2D eigenvalue weighted by molar-refractivity contribution is -0.126. The van der Waals surface area contributed by atoms with E-state index in [2.05, 4.69) is 24.1 Å². The van der Waals surface area contributed by atoms with Crippen LogP contribution in [0.2, 0.25) is 0 Å². The Morgan fingerprint density at radius 2 is 1.96 bits per heavy atom. The Morgan fingerprint density at radius 3 is 2.65 bits per heavy atom. The van der Waals surface area contributed by atoms with Gasteiger partial charge in [0.25, 0.3) is 5.91 Å². The van der Waals surface area contributed by atoms with Crippen molar-refractivity contribution >= 4 is 11.8 Å². The van der Waals surface area contributed by atoms with Crippen LogP contribution < -0.4 is 5.32 Å². The number of benzene rings is 1. The van der Waals surface area contributed by atoms with Crippen molar-refractivity contribution in [3.8, 4) is 0 Å². The maximum Gasteiger partial charge on any atom is 0.255 e. The molecule has 0 aromatic heterocycles. The SMILES string of the molecule is CC(C)C[C@H](C(=O)NCCN1CCOCC1)N1Cc2ccccc2C1=O. The van der Waals surface area contributed by atoms with Gasteiger partial charge in [0.15, 0.2) is 0 Å².